The lowest BCUT2D eigenvalue weighted by atomic mass is 10.6. The molecule has 0 aromatic carbocycles. The van der Waals surface area contributed by atoms with Gasteiger partial charge in [-0.05, 0) is 6.92 Å². The average molecular weight is 279 g/mol. The van der Waals surface area contributed by atoms with Crippen LogP contribution in [0.25, 0.3) is 0 Å². The Hall–Kier alpha value is -0.570. The van der Waals surface area contributed by atoms with Crippen molar-refractivity contribution in [2.45, 2.75) is 6.92 Å². The monoisotopic (exact) mass is 278 g/mol. The number of carbonyl (C=O) groups excluding carboxylic acids is 1. The average Bonchev–Trinajstić information content (AvgIpc) is 2.22. The van der Waals surface area contributed by atoms with Gasteiger partial charge in [0.1, 0.15) is 19.8 Å². The van der Waals surface area contributed by atoms with Crippen molar-refractivity contribution in [3.05, 3.63) is 0 Å². The first kappa shape index (κ1) is 14.4. The number of ether oxygens (including phenoxy) is 3. The van der Waals surface area contributed by atoms with Gasteiger partial charge in [-0.25, -0.2) is 4.79 Å². The molecular weight excluding hydrogens is 264 g/mol. The molecule has 4 nitrogen and oxygen atoms in total. The topological polar surface area (TPSA) is 44.8 Å². The summed E-state index contributed by atoms with van der Waals surface area (Å²) in [4.78, 5) is 10.8. The van der Waals surface area contributed by atoms with E-state index >= 15 is 0 Å². The normalized spacial score (nSPS) is 9.20. The first-order valence-corrected chi connectivity index (χ1v) is 5.76. The van der Waals surface area contributed by atoms with Crippen LogP contribution in [0.5, 0.6) is 0 Å². The minimum Gasteiger partial charge on any atom is -0.464 e. The molecule has 0 rings (SSSR count). The summed E-state index contributed by atoms with van der Waals surface area (Å²) in [6.45, 7) is 3.31. The Balaban J connectivity index is 3.25. The number of hydrogen-bond acceptors (Lipinski definition) is 4. The molecule has 0 fully saturated rings. The Morgan fingerprint density at radius 2 is 1.93 bits per heavy atom. The van der Waals surface area contributed by atoms with Gasteiger partial charge in [0.25, 0.3) is 0 Å². The smallest absolute Gasteiger partial charge is 0.332 e. The van der Waals surface area contributed by atoms with E-state index in [1.807, 2.05) is 0 Å². The number of halogens is 1. The molecule has 0 bridgehead atoms. The molecule has 0 aromatic rings. The van der Waals surface area contributed by atoms with E-state index in [0.29, 0.717) is 19.8 Å². The molecule has 0 saturated heterocycles. The fourth-order valence-electron chi connectivity index (χ4n) is 0.668. The molecule has 0 aliphatic heterocycles. The van der Waals surface area contributed by atoms with Crippen molar-refractivity contribution in [1.29, 1.82) is 0 Å². The minimum absolute atomic E-state index is 0.0508. The van der Waals surface area contributed by atoms with Crippen LogP contribution in [0.2, 0.25) is 0 Å². The number of esters is 1. The van der Waals surface area contributed by atoms with Crippen molar-refractivity contribution in [3.63, 3.8) is 0 Å². The zero-order valence-electron chi connectivity index (χ0n) is 8.75. The van der Waals surface area contributed by atoms with Crippen LogP contribution >= 0.6 is 15.9 Å². The van der Waals surface area contributed by atoms with Crippen molar-refractivity contribution < 1.29 is 19.0 Å². The largest absolute Gasteiger partial charge is 0.464 e. The summed E-state index contributed by atoms with van der Waals surface area (Å²) in [5.74, 6) is 5.11. The van der Waals surface area contributed by atoms with Crippen molar-refractivity contribution in [1.82, 2.24) is 0 Å². The highest BCUT2D eigenvalue weighted by molar-refractivity contribution is 9.09. The summed E-state index contributed by atoms with van der Waals surface area (Å²) in [5, 5.41) is 0.800. The second kappa shape index (κ2) is 11.5. The maximum absolute atomic E-state index is 10.8. The third-order valence-corrected chi connectivity index (χ3v) is 1.54. The molecule has 86 valence electrons. The van der Waals surface area contributed by atoms with E-state index in [-0.39, 0.29) is 19.2 Å². The van der Waals surface area contributed by atoms with Gasteiger partial charge in [0.2, 0.25) is 0 Å². The lowest BCUT2D eigenvalue weighted by Gasteiger charge is -1.99. The number of rotatable bonds is 7. The third-order valence-electron chi connectivity index (χ3n) is 1.22. The van der Waals surface area contributed by atoms with Gasteiger partial charge in [0, 0.05) is 5.33 Å². The van der Waals surface area contributed by atoms with Crippen LogP contribution in [-0.2, 0) is 19.0 Å². The van der Waals surface area contributed by atoms with Crippen molar-refractivity contribution >= 4 is 21.9 Å². The van der Waals surface area contributed by atoms with Gasteiger partial charge in [-0.3, -0.25) is 0 Å². The maximum Gasteiger partial charge on any atom is 0.332 e. The standard InChI is InChI=1S/C10H15BrO4/c1-2-15-10(12)9-14-7-4-3-6-13-8-5-11/h2,5-9H2,1H3. The number of alkyl halides is 1. The van der Waals surface area contributed by atoms with Gasteiger partial charge >= 0.3 is 5.97 Å². The Morgan fingerprint density at radius 1 is 1.27 bits per heavy atom. The zero-order valence-corrected chi connectivity index (χ0v) is 10.3. The van der Waals surface area contributed by atoms with Crippen molar-refractivity contribution in [3.8, 4) is 11.8 Å². The van der Waals surface area contributed by atoms with Gasteiger partial charge < -0.3 is 14.2 Å². The Morgan fingerprint density at radius 3 is 2.53 bits per heavy atom. The summed E-state index contributed by atoms with van der Waals surface area (Å²) in [6, 6.07) is 0. The highest BCUT2D eigenvalue weighted by Gasteiger charge is 1.98. The van der Waals surface area contributed by atoms with E-state index in [0.717, 1.165) is 5.33 Å². The summed E-state index contributed by atoms with van der Waals surface area (Å²) >= 11 is 3.22. The highest BCUT2D eigenvalue weighted by Crippen LogP contribution is 1.81. The van der Waals surface area contributed by atoms with Gasteiger partial charge in [-0.15, -0.1) is 0 Å². The molecule has 0 unspecified atom stereocenters. The highest BCUT2D eigenvalue weighted by atomic mass is 79.9. The van der Waals surface area contributed by atoms with E-state index < -0.39 is 0 Å². The lowest BCUT2D eigenvalue weighted by Crippen LogP contribution is -2.12. The van der Waals surface area contributed by atoms with Crippen LogP contribution in [0.4, 0.5) is 0 Å². The quantitative estimate of drug-likeness (QED) is 0.301. The molecular formula is C10H15BrO4. The summed E-state index contributed by atoms with van der Waals surface area (Å²) < 4.78 is 14.7. The predicted octanol–water partition coefficient (Wildman–Crippen LogP) is 0.981. The van der Waals surface area contributed by atoms with Gasteiger partial charge in [-0.2, -0.15) is 0 Å². The van der Waals surface area contributed by atoms with E-state index in [1.165, 1.54) is 0 Å². The Labute approximate surface area is 98.4 Å². The summed E-state index contributed by atoms with van der Waals surface area (Å²) in [5.41, 5.74) is 0. The Bertz CT molecular complexity index is 219. The maximum atomic E-state index is 10.8. The van der Waals surface area contributed by atoms with Crippen molar-refractivity contribution in [2.24, 2.45) is 0 Å². The molecule has 0 amide bonds. The molecule has 0 saturated carbocycles. The molecule has 0 aliphatic carbocycles. The molecule has 0 atom stereocenters. The van der Waals surface area contributed by atoms with E-state index in [4.69, 9.17) is 9.47 Å². The molecule has 0 radical (unpaired) electrons. The van der Waals surface area contributed by atoms with Crippen LogP contribution in [0.3, 0.4) is 0 Å². The second-order valence-corrected chi connectivity index (χ2v) is 3.19. The SMILES string of the molecule is CCOC(=O)COCC#CCOCCBr. The first-order valence-electron chi connectivity index (χ1n) is 4.64. The van der Waals surface area contributed by atoms with Gasteiger partial charge in [0.15, 0.2) is 0 Å². The molecule has 5 heteroatoms. The van der Waals surface area contributed by atoms with Crippen LogP contribution in [-0.4, -0.2) is 44.3 Å². The second-order valence-electron chi connectivity index (χ2n) is 2.39. The minimum atomic E-state index is -0.366. The van der Waals surface area contributed by atoms with Crippen LogP contribution in [0, 0.1) is 11.8 Å². The fourth-order valence-corrected chi connectivity index (χ4v) is 0.897. The zero-order chi connectivity index (χ0) is 11.4. The third kappa shape index (κ3) is 11.4. The van der Waals surface area contributed by atoms with Crippen molar-refractivity contribution in [2.75, 3.05) is 38.4 Å². The van der Waals surface area contributed by atoms with Crippen LogP contribution in [0.15, 0.2) is 0 Å². The number of carbonyl (C=O) groups is 1. The molecule has 0 aromatic heterocycles. The molecule has 0 aliphatic rings. The van der Waals surface area contributed by atoms with E-state index in [9.17, 15) is 4.79 Å². The Kier molecular flexibility index (Phi) is 11.1. The van der Waals surface area contributed by atoms with E-state index in [2.05, 4.69) is 32.5 Å². The van der Waals surface area contributed by atoms with Gasteiger partial charge in [-0.1, -0.05) is 27.8 Å². The fraction of sp³-hybridized carbons (Fsp3) is 0.700. The molecule has 0 heterocycles. The lowest BCUT2D eigenvalue weighted by molar-refractivity contribution is -0.147. The first-order chi connectivity index (χ1) is 7.31. The number of hydrogen-bond donors (Lipinski definition) is 0. The van der Waals surface area contributed by atoms with E-state index in [1.54, 1.807) is 6.92 Å². The predicted molar refractivity (Wildman–Crippen MR) is 59.8 cm³/mol. The molecule has 0 N–H and O–H groups in total. The molecule has 15 heavy (non-hydrogen) atoms. The van der Waals surface area contributed by atoms with Crippen LogP contribution in [0.1, 0.15) is 6.92 Å². The molecule has 0 spiro atoms. The van der Waals surface area contributed by atoms with Crippen LogP contribution < -0.4 is 0 Å². The van der Waals surface area contributed by atoms with Gasteiger partial charge in [0.05, 0.1) is 13.2 Å². The summed E-state index contributed by atoms with van der Waals surface area (Å²) in [7, 11) is 0. The summed E-state index contributed by atoms with van der Waals surface area (Å²) in [6.07, 6.45) is 0.